The Morgan fingerprint density at radius 2 is 1.61 bits per heavy atom. The highest BCUT2D eigenvalue weighted by Crippen LogP contribution is 2.40. The summed E-state index contributed by atoms with van der Waals surface area (Å²) < 4.78 is 39.9. The van der Waals surface area contributed by atoms with Crippen LogP contribution in [-0.4, -0.2) is 33.8 Å². The maximum absolute atomic E-state index is 13.3. The predicted octanol–water partition coefficient (Wildman–Crippen LogP) is 5.91. The zero-order chi connectivity index (χ0) is 23.4. The Balaban J connectivity index is 2.20. The van der Waals surface area contributed by atoms with Crippen molar-refractivity contribution in [3.05, 3.63) is 33.9 Å². The van der Waals surface area contributed by atoms with E-state index < -0.39 is 39.8 Å². The highest BCUT2D eigenvalue weighted by molar-refractivity contribution is 6.23. The summed E-state index contributed by atoms with van der Waals surface area (Å²) in [4.78, 5) is 37.7. The summed E-state index contributed by atoms with van der Waals surface area (Å²) in [5, 5.41) is 11.0. The number of nitro groups is 1. The molecule has 1 aliphatic heterocycles. The van der Waals surface area contributed by atoms with Crippen molar-refractivity contribution in [2.24, 2.45) is 0 Å². The molecule has 31 heavy (non-hydrogen) atoms. The number of amides is 3. The number of alkyl halides is 3. The van der Waals surface area contributed by atoms with Crippen LogP contribution in [0.5, 0.6) is 0 Å². The normalized spacial score (nSPS) is 16.3. The van der Waals surface area contributed by atoms with Crippen LogP contribution in [0, 0.1) is 10.1 Å². The first-order valence-corrected chi connectivity index (χ1v) is 10.4. The number of halogens is 3. The molecule has 1 aromatic carbocycles. The van der Waals surface area contributed by atoms with Crippen LogP contribution in [-0.2, 0) is 11.0 Å². The van der Waals surface area contributed by atoms with Gasteiger partial charge in [0.2, 0.25) is 0 Å². The van der Waals surface area contributed by atoms with Gasteiger partial charge >= 0.3 is 12.2 Å². The van der Waals surface area contributed by atoms with Gasteiger partial charge < -0.3 is 4.90 Å². The monoisotopic (exact) mass is 443 g/mol. The summed E-state index contributed by atoms with van der Waals surface area (Å²) in [7, 11) is 0. The first kappa shape index (κ1) is 24.6. The van der Waals surface area contributed by atoms with Gasteiger partial charge in [0.15, 0.2) is 0 Å². The standard InChI is InChI=1S/C21H28F3N3O4/c1-4-5-6-7-8-9-10-13-25-19(29)26(18(28)20(25,2)3)15-11-12-17(27(30)31)16(14-15)21(22,23)24/h11-12,14H,4-10,13H2,1-3H3. The maximum Gasteiger partial charge on any atom is 0.423 e. The third-order valence-electron chi connectivity index (χ3n) is 5.55. The fourth-order valence-corrected chi connectivity index (χ4v) is 3.71. The Bertz CT molecular complexity index is 840. The van der Waals surface area contributed by atoms with Crippen molar-refractivity contribution in [1.82, 2.24) is 4.90 Å². The van der Waals surface area contributed by atoms with Crippen molar-refractivity contribution in [2.45, 2.75) is 77.4 Å². The van der Waals surface area contributed by atoms with Crippen molar-refractivity contribution >= 4 is 23.3 Å². The van der Waals surface area contributed by atoms with Crippen molar-refractivity contribution in [3.63, 3.8) is 0 Å². The number of rotatable bonds is 10. The molecule has 3 amide bonds. The van der Waals surface area contributed by atoms with E-state index >= 15 is 0 Å². The molecule has 1 heterocycles. The van der Waals surface area contributed by atoms with Gasteiger partial charge in [-0.2, -0.15) is 13.2 Å². The molecular formula is C21H28F3N3O4. The van der Waals surface area contributed by atoms with E-state index in [4.69, 9.17) is 0 Å². The van der Waals surface area contributed by atoms with E-state index in [0.717, 1.165) is 38.2 Å². The number of imide groups is 1. The molecule has 0 atom stereocenters. The van der Waals surface area contributed by atoms with Gasteiger partial charge in [0.05, 0.1) is 10.6 Å². The van der Waals surface area contributed by atoms with Crippen LogP contribution in [0.1, 0.15) is 71.3 Å². The smallest absolute Gasteiger partial charge is 0.310 e. The first-order chi connectivity index (χ1) is 14.4. The van der Waals surface area contributed by atoms with E-state index in [1.807, 2.05) is 0 Å². The number of hydrogen-bond donors (Lipinski definition) is 0. The van der Waals surface area contributed by atoms with Crippen molar-refractivity contribution in [2.75, 3.05) is 11.4 Å². The van der Waals surface area contributed by atoms with Gasteiger partial charge in [-0.15, -0.1) is 0 Å². The highest BCUT2D eigenvalue weighted by Gasteiger charge is 2.52. The first-order valence-electron chi connectivity index (χ1n) is 10.4. The van der Waals surface area contributed by atoms with Crippen LogP contribution in [0.2, 0.25) is 0 Å². The lowest BCUT2D eigenvalue weighted by atomic mass is 10.0. The van der Waals surface area contributed by atoms with Gasteiger partial charge in [0, 0.05) is 12.6 Å². The topological polar surface area (TPSA) is 83.8 Å². The predicted molar refractivity (Wildman–Crippen MR) is 110 cm³/mol. The van der Waals surface area contributed by atoms with Gasteiger partial charge in [0.25, 0.3) is 11.6 Å². The summed E-state index contributed by atoms with van der Waals surface area (Å²) in [6.07, 6.45) is 2.14. The van der Waals surface area contributed by atoms with Gasteiger partial charge in [-0.3, -0.25) is 14.9 Å². The Kier molecular flexibility index (Phi) is 7.67. The van der Waals surface area contributed by atoms with E-state index in [9.17, 15) is 32.9 Å². The minimum atomic E-state index is -5.00. The SMILES string of the molecule is CCCCCCCCCN1C(=O)N(c2ccc([N+](=O)[O-])c(C(F)(F)F)c2)C(=O)C1(C)C. The van der Waals surface area contributed by atoms with E-state index in [1.165, 1.54) is 11.3 Å². The summed E-state index contributed by atoms with van der Waals surface area (Å²) in [5.74, 6) is -0.664. The molecular weight excluding hydrogens is 415 g/mol. The average Bonchev–Trinajstić information content (AvgIpc) is 2.85. The zero-order valence-electron chi connectivity index (χ0n) is 18.0. The van der Waals surface area contributed by atoms with Crippen LogP contribution in [0.25, 0.3) is 0 Å². The Labute approximate surface area is 179 Å². The molecule has 1 aliphatic rings. The summed E-state index contributed by atoms with van der Waals surface area (Å²) in [5.41, 5.74) is -4.18. The summed E-state index contributed by atoms with van der Waals surface area (Å²) in [6, 6.07) is 1.44. The van der Waals surface area contributed by atoms with E-state index in [-0.39, 0.29) is 5.69 Å². The van der Waals surface area contributed by atoms with Gasteiger partial charge in [-0.1, -0.05) is 45.4 Å². The maximum atomic E-state index is 13.3. The number of hydrogen-bond acceptors (Lipinski definition) is 4. The highest BCUT2D eigenvalue weighted by atomic mass is 19.4. The van der Waals surface area contributed by atoms with E-state index in [0.29, 0.717) is 30.0 Å². The molecule has 1 saturated heterocycles. The number of urea groups is 1. The number of carbonyl (C=O) groups excluding carboxylic acids is 2. The van der Waals surface area contributed by atoms with Crippen LogP contribution in [0.15, 0.2) is 18.2 Å². The minimum Gasteiger partial charge on any atom is -0.310 e. The molecule has 0 unspecified atom stereocenters. The fourth-order valence-electron chi connectivity index (χ4n) is 3.71. The number of carbonyl (C=O) groups is 2. The third kappa shape index (κ3) is 5.34. The van der Waals surface area contributed by atoms with Gasteiger partial charge in [0.1, 0.15) is 11.1 Å². The van der Waals surface area contributed by atoms with Crippen molar-refractivity contribution in [3.8, 4) is 0 Å². The molecule has 172 valence electrons. The third-order valence-corrected chi connectivity index (χ3v) is 5.55. The van der Waals surface area contributed by atoms with Gasteiger partial charge in [-0.25, -0.2) is 9.69 Å². The van der Waals surface area contributed by atoms with Crippen LogP contribution < -0.4 is 4.90 Å². The molecule has 0 saturated carbocycles. The van der Waals surface area contributed by atoms with Crippen molar-refractivity contribution < 1.29 is 27.7 Å². The lowest BCUT2D eigenvalue weighted by Gasteiger charge is -2.27. The minimum absolute atomic E-state index is 0.307. The van der Waals surface area contributed by atoms with Crippen LogP contribution in [0.3, 0.4) is 0 Å². The summed E-state index contributed by atoms with van der Waals surface area (Å²) in [6.45, 7) is 5.53. The van der Waals surface area contributed by atoms with Crippen LogP contribution >= 0.6 is 0 Å². The largest absolute Gasteiger partial charge is 0.423 e. The average molecular weight is 443 g/mol. The molecule has 1 fully saturated rings. The molecule has 0 N–H and O–H groups in total. The number of nitrogens with zero attached hydrogens (tertiary/aromatic N) is 3. The molecule has 0 radical (unpaired) electrons. The molecule has 7 nitrogen and oxygen atoms in total. The molecule has 1 aromatic rings. The second kappa shape index (κ2) is 9.65. The molecule has 0 aliphatic carbocycles. The second-order valence-electron chi connectivity index (χ2n) is 8.21. The number of unbranched alkanes of at least 4 members (excludes halogenated alkanes) is 6. The van der Waals surface area contributed by atoms with Crippen LogP contribution in [0.4, 0.5) is 29.3 Å². The number of anilines is 1. The number of benzene rings is 1. The molecule has 10 heteroatoms. The zero-order valence-corrected chi connectivity index (χ0v) is 18.0. The fraction of sp³-hybridized carbons (Fsp3) is 0.619. The van der Waals surface area contributed by atoms with Gasteiger partial charge in [-0.05, 0) is 32.4 Å². The number of nitro benzene ring substituents is 1. The second-order valence-corrected chi connectivity index (χ2v) is 8.21. The summed E-state index contributed by atoms with van der Waals surface area (Å²) >= 11 is 0. The van der Waals surface area contributed by atoms with E-state index in [1.54, 1.807) is 13.8 Å². The Hall–Kier alpha value is -2.65. The van der Waals surface area contributed by atoms with Crippen molar-refractivity contribution in [1.29, 1.82) is 0 Å². The Morgan fingerprint density at radius 1 is 1.03 bits per heavy atom. The quantitative estimate of drug-likeness (QED) is 0.195. The molecule has 0 aromatic heterocycles. The molecule has 0 bridgehead atoms. The van der Waals surface area contributed by atoms with E-state index in [2.05, 4.69) is 6.92 Å². The lowest BCUT2D eigenvalue weighted by molar-refractivity contribution is -0.388. The molecule has 2 rings (SSSR count). The Morgan fingerprint density at radius 3 is 2.16 bits per heavy atom. The molecule has 0 spiro atoms. The lowest BCUT2D eigenvalue weighted by Crippen LogP contribution is -2.44.